The second-order valence-corrected chi connectivity index (χ2v) is 3.54. The lowest BCUT2D eigenvalue weighted by Gasteiger charge is -2.06. The van der Waals surface area contributed by atoms with Crippen molar-refractivity contribution in [3.63, 3.8) is 0 Å². The molecule has 4 nitrogen and oxygen atoms in total. The average Bonchev–Trinajstić information content (AvgIpc) is 2.38. The summed E-state index contributed by atoms with van der Waals surface area (Å²) in [5.41, 5.74) is 6.03. The molecule has 0 radical (unpaired) electrons. The maximum Gasteiger partial charge on any atom is 0.435 e. The van der Waals surface area contributed by atoms with Gasteiger partial charge >= 0.3 is 6.18 Å². The van der Waals surface area contributed by atoms with E-state index in [9.17, 15) is 13.2 Å². The molecule has 0 amide bonds. The molecule has 0 aliphatic heterocycles. The molecule has 2 rings (SSSR count). The van der Waals surface area contributed by atoms with Crippen LogP contribution < -0.4 is 5.73 Å². The van der Waals surface area contributed by atoms with Crippen molar-refractivity contribution in [3.8, 4) is 11.3 Å². The smallest absolute Gasteiger partial charge is 0.325 e. The van der Waals surface area contributed by atoms with Gasteiger partial charge in [0, 0.05) is 18.3 Å². The molecule has 18 heavy (non-hydrogen) atoms. The lowest BCUT2D eigenvalue weighted by molar-refractivity contribution is -0.141. The van der Waals surface area contributed by atoms with Crippen LogP contribution in [0.2, 0.25) is 0 Å². The summed E-state index contributed by atoms with van der Waals surface area (Å²) in [7, 11) is 0. The molecule has 2 aromatic rings. The van der Waals surface area contributed by atoms with Crippen molar-refractivity contribution in [2.24, 2.45) is 5.73 Å². The van der Waals surface area contributed by atoms with Crippen molar-refractivity contribution in [3.05, 3.63) is 41.9 Å². The number of halogens is 3. The van der Waals surface area contributed by atoms with Gasteiger partial charge in [0.25, 0.3) is 0 Å². The Labute approximate surface area is 101 Å². The van der Waals surface area contributed by atoms with Crippen LogP contribution >= 0.6 is 0 Å². The van der Waals surface area contributed by atoms with E-state index in [1.54, 1.807) is 12.1 Å². The molecule has 0 unspecified atom stereocenters. The molecule has 0 atom stereocenters. The van der Waals surface area contributed by atoms with Crippen molar-refractivity contribution in [2.75, 3.05) is 0 Å². The van der Waals surface area contributed by atoms with Gasteiger partial charge in [0.1, 0.15) is 0 Å². The topological polar surface area (TPSA) is 64.7 Å². The number of aromatic nitrogens is 3. The number of hydrogen-bond donors (Lipinski definition) is 1. The zero-order valence-electron chi connectivity index (χ0n) is 9.15. The Kier molecular flexibility index (Phi) is 3.24. The molecule has 0 spiro atoms. The number of pyridine rings is 1. The minimum absolute atomic E-state index is 0.252. The van der Waals surface area contributed by atoms with Crippen molar-refractivity contribution in [1.82, 2.24) is 15.2 Å². The second kappa shape index (κ2) is 4.69. The SMILES string of the molecule is NCc1cc(-c2ccc(C(F)(F)F)nn2)ccn1. The first kappa shape index (κ1) is 12.4. The molecule has 2 aromatic heterocycles. The highest BCUT2D eigenvalue weighted by molar-refractivity contribution is 5.58. The van der Waals surface area contributed by atoms with E-state index in [-0.39, 0.29) is 6.54 Å². The molecule has 0 saturated carbocycles. The summed E-state index contributed by atoms with van der Waals surface area (Å²) in [5, 5.41) is 6.71. The Morgan fingerprint density at radius 3 is 2.44 bits per heavy atom. The summed E-state index contributed by atoms with van der Waals surface area (Å²) in [6, 6.07) is 5.46. The van der Waals surface area contributed by atoms with Gasteiger partial charge in [-0.2, -0.15) is 13.2 Å². The molecule has 0 aromatic carbocycles. The number of nitrogens with zero attached hydrogens (tertiary/aromatic N) is 3. The van der Waals surface area contributed by atoms with Gasteiger partial charge in [-0.15, -0.1) is 10.2 Å². The maximum atomic E-state index is 12.3. The first-order valence-electron chi connectivity index (χ1n) is 5.07. The van der Waals surface area contributed by atoms with Crippen molar-refractivity contribution >= 4 is 0 Å². The van der Waals surface area contributed by atoms with Crippen LogP contribution in [0.3, 0.4) is 0 Å². The van der Waals surface area contributed by atoms with Gasteiger partial charge in [0.2, 0.25) is 0 Å². The molecule has 2 N–H and O–H groups in total. The molecule has 0 bridgehead atoms. The molecule has 0 fully saturated rings. The van der Waals surface area contributed by atoms with Crippen LogP contribution in [-0.4, -0.2) is 15.2 Å². The van der Waals surface area contributed by atoms with Gasteiger partial charge in [-0.05, 0) is 24.3 Å². The van der Waals surface area contributed by atoms with E-state index >= 15 is 0 Å². The Hall–Kier alpha value is -2.02. The van der Waals surface area contributed by atoms with Crippen LogP contribution in [0.25, 0.3) is 11.3 Å². The maximum absolute atomic E-state index is 12.3. The fourth-order valence-electron chi connectivity index (χ4n) is 1.39. The summed E-state index contributed by atoms with van der Waals surface area (Å²) in [4.78, 5) is 3.99. The highest BCUT2D eigenvalue weighted by Gasteiger charge is 2.32. The summed E-state index contributed by atoms with van der Waals surface area (Å²) >= 11 is 0. The molecule has 0 aliphatic rings. The lowest BCUT2D eigenvalue weighted by atomic mass is 10.1. The van der Waals surface area contributed by atoms with E-state index < -0.39 is 11.9 Å². The van der Waals surface area contributed by atoms with Crippen LogP contribution in [0.15, 0.2) is 30.5 Å². The fourth-order valence-corrected chi connectivity index (χ4v) is 1.39. The summed E-state index contributed by atoms with van der Waals surface area (Å²) < 4.78 is 36.9. The van der Waals surface area contributed by atoms with Crippen LogP contribution in [0, 0.1) is 0 Å². The van der Waals surface area contributed by atoms with Crippen LogP contribution in [0.5, 0.6) is 0 Å². The Bertz CT molecular complexity index is 537. The van der Waals surface area contributed by atoms with Crippen molar-refractivity contribution in [2.45, 2.75) is 12.7 Å². The van der Waals surface area contributed by atoms with E-state index in [2.05, 4.69) is 15.2 Å². The van der Waals surface area contributed by atoms with Gasteiger partial charge in [0.05, 0.1) is 11.4 Å². The minimum atomic E-state index is -4.48. The standard InChI is InChI=1S/C11H9F3N4/c12-11(13,14)10-2-1-9(17-18-10)7-3-4-16-8(5-7)6-15/h1-5H,6,15H2. The number of alkyl halides is 3. The van der Waals surface area contributed by atoms with Gasteiger partial charge in [-0.3, -0.25) is 4.98 Å². The van der Waals surface area contributed by atoms with Gasteiger partial charge in [-0.25, -0.2) is 0 Å². The zero-order valence-corrected chi connectivity index (χ0v) is 9.15. The van der Waals surface area contributed by atoms with Crippen molar-refractivity contribution in [1.29, 1.82) is 0 Å². The molecule has 0 aliphatic carbocycles. The number of nitrogens with two attached hydrogens (primary N) is 1. The van der Waals surface area contributed by atoms with Crippen LogP contribution in [0.1, 0.15) is 11.4 Å². The third kappa shape index (κ3) is 2.62. The molecular formula is C11H9F3N4. The highest BCUT2D eigenvalue weighted by Crippen LogP contribution is 2.27. The molecular weight excluding hydrogens is 245 g/mol. The Balaban J connectivity index is 2.34. The van der Waals surface area contributed by atoms with Crippen LogP contribution in [0.4, 0.5) is 13.2 Å². The van der Waals surface area contributed by atoms with E-state index in [0.717, 1.165) is 6.07 Å². The van der Waals surface area contributed by atoms with E-state index in [4.69, 9.17) is 5.73 Å². The van der Waals surface area contributed by atoms with Gasteiger partial charge < -0.3 is 5.73 Å². The molecule has 94 valence electrons. The normalized spacial score (nSPS) is 11.6. The number of rotatable bonds is 2. The summed E-state index contributed by atoms with van der Waals surface area (Å²) in [6.45, 7) is 0.252. The minimum Gasteiger partial charge on any atom is -0.325 e. The summed E-state index contributed by atoms with van der Waals surface area (Å²) in [5.74, 6) is 0. The van der Waals surface area contributed by atoms with E-state index in [1.807, 2.05) is 0 Å². The fraction of sp³-hybridized carbons (Fsp3) is 0.182. The quantitative estimate of drug-likeness (QED) is 0.890. The number of hydrogen-bond acceptors (Lipinski definition) is 4. The Morgan fingerprint density at radius 1 is 1.11 bits per heavy atom. The monoisotopic (exact) mass is 254 g/mol. The predicted molar refractivity (Wildman–Crippen MR) is 58.2 cm³/mol. The van der Waals surface area contributed by atoms with Crippen molar-refractivity contribution < 1.29 is 13.2 Å². The largest absolute Gasteiger partial charge is 0.435 e. The highest BCUT2D eigenvalue weighted by atomic mass is 19.4. The van der Waals surface area contributed by atoms with E-state index in [0.29, 0.717) is 17.0 Å². The third-order valence-electron chi connectivity index (χ3n) is 2.28. The van der Waals surface area contributed by atoms with Crippen LogP contribution in [-0.2, 0) is 12.7 Å². The Morgan fingerprint density at radius 2 is 1.89 bits per heavy atom. The first-order chi connectivity index (χ1) is 8.50. The average molecular weight is 254 g/mol. The molecule has 0 saturated heterocycles. The molecule has 7 heteroatoms. The first-order valence-corrected chi connectivity index (χ1v) is 5.07. The summed E-state index contributed by atoms with van der Waals surface area (Å²) in [6.07, 6.45) is -2.96. The lowest BCUT2D eigenvalue weighted by Crippen LogP contribution is -2.09. The third-order valence-corrected chi connectivity index (χ3v) is 2.28. The second-order valence-electron chi connectivity index (χ2n) is 3.54. The molecule has 2 heterocycles. The van der Waals surface area contributed by atoms with E-state index in [1.165, 1.54) is 12.3 Å². The van der Waals surface area contributed by atoms with Gasteiger partial charge in [0.15, 0.2) is 5.69 Å². The predicted octanol–water partition coefficient (Wildman–Crippen LogP) is 2.02. The zero-order chi connectivity index (χ0) is 13.2. The van der Waals surface area contributed by atoms with Gasteiger partial charge in [-0.1, -0.05) is 0 Å².